The lowest BCUT2D eigenvalue weighted by atomic mass is 9.71. The van der Waals surface area contributed by atoms with Gasteiger partial charge < -0.3 is 9.47 Å². The molecule has 0 bridgehead atoms. The molecule has 1 aromatic carbocycles. The average molecular weight is 288 g/mol. The molecule has 0 aromatic heterocycles. The Bertz CT molecular complexity index is 515. The Morgan fingerprint density at radius 3 is 2.38 bits per heavy atom. The van der Waals surface area contributed by atoms with Crippen molar-refractivity contribution in [1.82, 2.24) is 0 Å². The van der Waals surface area contributed by atoms with E-state index in [9.17, 15) is 4.79 Å². The molecule has 21 heavy (non-hydrogen) atoms. The van der Waals surface area contributed by atoms with Gasteiger partial charge in [0.1, 0.15) is 5.60 Å². The topological polar surface area (TPSA) is 38.8 Å². The molecular formula is C18H24O3. The second-order valence-electron chi connectivity index (χ2n) is 6.66. The number of benzene rings is 1. The zero-order valence-electron chi connectivity index (χ0n) is 13.1. The third-order valence-electron chi connectivity index (χ3n) is 5.36. The SMILES string of the molecule is COC(=O)C1(C(C)C)OC12CCC(c1ccccc1)CC2. The Labute approximate surface area is 126 Å². The van der Waals surface area contributed by atoms with Crippen molar-refractivity contribution in [1.29, 1.82) is 0 Å². The molecular weight excluding hydrogens is 264 g/mol. The van der Waals surface area contributed by atoms with Gasteiger partial charge in [-0.3, -0.25) is 0 Å². The van der Waals surface area contributed by atoms with E-state index in [0.717, 1.165) is 25.7 Å². The summed E-state index contributed by atoms with van der Waals surface area (Å²) in [5.74, 6) is 0.539. The van der Waals surface area contributed by atoms with Crippen molar-refractivity contribution < 1.29 is 14.3 Å². The van der Waals surface area contributed by atoms with Crippen LogP contribution < -0.4 is 0 Å². The molecule has 1 heterocycles. The van der Waals surface area contributed by atoms with Crippen LogP contribution in [0.4, 0.5) is 0 Å². The van der Waals surface area contributed by atoms with Crippen LogP contribution in [0.15, 0.2) is 30.3 Å². The number of esters is 1. The Kier molecular flexibility index (Phi) is 3.56. The van der Waals surface area contributed by atoms with Crippen LogP contribution in [0.3, 0.4) is 0 Å². The first-order chi connectivity index (χ1) is 10.1. The smallest absolute Gasteiger partial charge is 0.341 e. The maximum absolute atomic E-state index is 12.2. The van der Waals surface area contributed by atoms with Gasteiger partial charge in [-0.2, -0.15) is 0 Å². The minimum Gasteiger partial charge on any atom is -0.467 e. The average Bonchev–Trinajstić information content (AvgIpc) is 3.17. The van der Waals surface area contributed by atoms with Gasteiger partial charge in [0.05, 0.1) is 7.11 Å². The van der Waals surface area contributed by atoms with E-state index in [-0.39, 0.29) is 17.5 Å². The van der Waals surface area contributed by atoms with Crippen molar-refractivity contribution in [3.8, 4) is 0 Å². The Morgan fingerprint density at radius 1 is 1.24 bits per heavy atom. The standard InChI is InChI=1S/C18H24O3/c1-13(2)18(16(19)20-3)17(21-18)11-9-15(10-12-17)14-7-5-4-6-8-14/h4-8,13,15H,9-12H2,1-3H3. The van der Waals surface area contributed by atoms with Crippen LogP contribution in [-0.4, -0.2) is 24.3 Å². The van der Waals surface area contributed by atoms with Gasteiger partial charge in [0.25, 0.3) is 0 Å². The van der Waals surface area contributed by atoms with E-state index in [4.69, 9.17) is 9.47 Å². The van der Waals surface area contributed by atoms with Gasteiger partial charge in [-0.15, -0.1) is 0 Å². The summed E-state index contributed by atoms with van der Waals surface area (Å²) in [6, 6.07) is 10.7. The Balaban J connectivity index is 1.73. The highest BCUT2D eigenvalue weighted by atomic mass is 16.7. The molecule has 1 aromatic rings. The number of hydrogen-bond acceptors (Lipinski definition) is 3. The van der Waals surface area contributed by atoms with Crippen molar-refractivity contribution in [2.45, 2.75) is 56.7 Å². The summed E-state index contributed by atoms with van der Waals surface area (Å²) in [4.78, 5) is 12.2. The lowest BCUT2D eigenvalue weighted by Crippen LogP contribution is -2.41. The number of rotatable bonds is 3. The largest absolute Gasteiger partial charge is 0.467 e. The normalized spacial score (nSPS) is 35.0. The van der Waals surface area contributed by atoms with Crippen LogP contribution in [0.2, 0.25) is 0 Å². The minimum absolute atomic E-state index is 0.151. The molecule has 114 valence electrons. The molecule has 2 aliphatic rings. The second kappa shape index (κ2) is 5.13. The summed E-state index contributed by atoms with van der Waals surface area (Å²) < 4.78 is 11.1. The van der Waals surface area contributed by atoms with Crippen LogP contribution in [0.1, 0.15) is 51.0 Å². The first kappa shape index (κ1) is 14.6. The van der Waals surface area contributed by atoms with Crippen molar-refractivity contribution in [3.05, 3.63) is 35.9 Å². The number of epoxide rings is 1. The predicted octanol–water partition coefficient (Wildman–Crippen LogP) is 3.68. The van der Waals surface area contributed by atoms with Crippen molar-refractivity contribution in [2.75, 3.05) is 7.11 Å². The third kappa shape index (κ3) is 2.10. The lowest BCUT2D eigenvalue weighted by molar-refractivity contribution is -0.148. The quantitative estimate of drug-likeness (QED) is 0.629. The van der Waals surface area contributed by atoms with Gasteiger partial charge in [-0.25, -0.2) is 4.79 Å². The Hall–Kier alpha value is -1.35. The van der Waals surface area contributed by atoms with Gasteiger partial charge in [0.15, 0.2) is 5.60 Å². The van der Waals surface area contributed by atoms with Crippen LogP contribution in [0.5, 0.6) is 0 Å². The van der Waals surface area contributed by atoms with Crippen molar-refractivity contribution in [2.24, 2.45) is 5.92 Å². The first-order valence-electron chi connectivity index (χ1n) is 7.89. The van der Waals surface area contributed by atoms with Crippen LogP contribution >= 0.6 is 0 Å². The molecule has 1 aliphatic heterocycles. The first-order valence-corrected chi connectivity index (χ1v) is 7.89. The van der Waals surface area contributed by atoms with Gasteiger partial charge >= 0.3 is 5.97 Å². The molecule has 0 amide bonds. The number of methoxy groups -OCH3 is 1. The number of carbonyl (C=O) groups is 1. The fraction of sp³-hybridized carbons (Fsp3) is 0.611. The predicted molar refractivity (Wildman–Crippen MR) is 81.1 cm³/mol. The minimum atomic E-state index is -0.705. The summed E-state index contributed by atoms with van der Waals surface area (Å²) in [5, 5.41) is 0. The fourth-order valence-corrected chi connectivity index (χ4v) is 4.16. The fourth-order valence-electron chi connectivity index (χ4n) is 4.16. The zero-order valence-corrected chi connectivity index (χ0v) is 13.1. The summed E-state index contributed by atoms with van der Waals surface area (Å²) in [5.41, 5.74) is 0.421. The number of carbonyl (C=O) groups excluding carboxylic acids is 1. The lowest BCUT2D eigenvalue weighted by Gasteiger charge is -2.30. The molecule has 1 atom stereocenters. The van der Waals surface area contributed by atoms with E-state index in [1.54, 1.807) is 0 Å². The highest BCUT2D eigenvalue weighted by molar-refractivity contribution is 5.85. The van der Waals surface area contributed by atoms with Gasteiger partial charge in [0, 0.05) is 0 Å². The molecule has 3 heteroatoms. The summed E-state index contributed by atoms with van der Waals surface area (Å²) in [6.07, 6.45) is 4.05. The molecule has 1 saturated carbocycles. The maximum Gasteiger partial charge on any atom is 0.341 e. The maximum atomic E-state index is 12.2. The number of ether oxygens (including phenoxy) is 2. The number of hydrogen-bond donors (Lipinski definition) is 0. The van der Waals surface area contributed by atoms with E-state index in [0.29, 0.717) is 5.92 Å². The van der Waals surface area contributed by atoms with Crippen molar-refractivity contribution >= 4 is 5.97 Å². The summed E-state index contributed by atoms with van der Waals surface area (Å²) >= 11 is 0. The molecule has 2 fully saturated rings. The van der Waals surface area contributed by atoms with Crippen molar-refractivity contribution in [3.63, 3.8) is 0 Å². The molecule has 1 aliphatic carbocycles. The van der Waals surface area contributed by atoms with E-state index in [1.165, 1.54) is 12.7 Å². The molecule has 3 nitrogen and oxygen atoms in total. The monoisotopic (exact) mass is 288 g/mol. The highest BCUT2D eigenvalue weighted by Crippen LogP contribution is 2.62. The molecule has 1 spiro atoms. The molecule has 1 unspecified atom stereocenters. The van der Waals surface area contributed by atoms with E-state index in [1.807, 2.05) is 0 Å². The molecule has 0 radical (unpaired) electrons. The van der Waals surface area contributed by atoms with E-state index in [2.05, 4.69) is 44.2 Å². The molecule has 1 saturated heterocycles. The summed E-state index contributed by atoms with van der Waals surface area (Å²) in [7, 11) is 1.46. The van der Waals surface area contributed by atoms with Crippen LogP contribution in [0.25, 0.3) is 0 Å². The van der Waals surface area contributed by atoms with Crippen LogP contribution in [-0.2, 0) is 14.3 Å². The second-order valence-corrected chi connectivity index (χ2v) is 6.66. The van der Waals surface area contributed by atoms with E-state index < -0.39 is 5.60 Å². The molecule has 0 N–H and O–H groups in total. The van der Waals surface area contributed by atoms with Gasteiger partial charge in [0.2, 0.25) is 0 Å². The van der Waals surface area contributed by atoms with E-state index >= 15 is 0 Å². The van der Waals surface area contributed by atoms with Crippen LogP contribution in [0, 0.1) is 5.92 Å². The highest BCUT2D eigenvalue weighted by Gasteiger charge is 2.76. The third-order valence-corrected chi connectivity index (χ3v) is 5.36. The van der Waals surface area contributed by atoms with Gasteiger partial charge in [-0.1, -0.05) is 44.2 Å². The summed E-state index contributed by atoms with van der Waals surface area (Å²) in [6.45, 7) is 4.10. The Morgan fingerprint density at radius 2 is 1.86 bits per heavy atom. The molecule has 3 rings (SSSR count). The van der Waals surface area contributed by atoms with Gasteiger partial charge in [-0.05, 0) is 43.1 Å². The zero-order chi connectivity index (χ0) is 15.1.